The standard InChI is InChI=1S/C11H10N2/c1-5-4-8-9-6(2)13-7(3)11(12-5)10(8)9/h4H,1-3H3. The molecule has 2 nitrogen and oxygen atoms in total. The Bertz CT molecular complexity index is 542. The summed E-state index contributed by atoms with van der Waals surface area (Å²) in [6.45, 7) is 6.13. The highest BCUT2D eigenvalue weighted by Crippen LogP contribution is 2.48. The molecule has 2 heteroatoms. The predicted molar refractivity (Wildman–Crippen MR) is 52.7 cm³/mol. The van der Waals surface area contributed by atoms with Crippen molar-refractivity contribution in [1.82, 2.24) is 9.97 Å². The van der Waals surface area contributed by atoms with Gasteiger partial charge in [-0.1, -0.05) is 0 Å². The Hall–Kier alpha value is -1.44. The van der Waals surface area contributed by atoms with Crippen molar-refractivity contribution in [3.63, 3.8) is 0 Å². The Labute approximate surface area is 76.6 Å². The first kappa shape index (κ1) is 7.01. The van der Waals surface area contributed by atoms with Crippen LogP contribution in [0.15, 0.2) is 6.07 Å². The molecule has 0 spiro atoms. The normalized spacial score (nSPS) is 12.2. The van der Waals surface area contributed by atoms with E-state index in [0.29, 0.717) is 0 Å². The van der Waals surface area contributed by atoms with Gasteiger partial charge in [0, 0.05) is 22.3 Å². The van der Waals surface area contributed by atoms with Crippen LogP contribution in [0.3, 0.4) is 0 Å². The van der Waals surface area contributed by atoms with Gasteiger partial charge in [-0.05, 0) is 32.4 Å². The van der Waals surface area contributed by atoms with Crippen LogP contribution in [0.2, 0.25) is 0 Å². The Kier molecular flexibility index (Phi) is 1.02. The highest BCUT2D eigenvalue weighted by atomic mass is 14.8. The van der Waals surface area contributed by atoms with Crippen molar-refractivity contribution in [2.75, 3.05) is 0 Å². The molecule has 0 amide bonds. The van der Waals surface area contributed by atoms with Crippen molar-refractivity contribution in [2.24, 2.45) is 0 Å². The lowest BCUT2D eigenvalue weighted by Gasteiger charge is -1.95. The Balaban J connectivity index is 2.54. The van der Waals surface area contributed by atoms with Crippen molar-refractivity contribution in [1.29, 1.82) is 0 Å². The van der Waals surface area contributed by atoms with Crippen molar-refractivity contribution >= 4 is 10.9 Å². The van der Waals surface area contributed by atoms with E-state index in [1.54, 1.807) is 0 Å². The number of nitrogens with zero attached hydrogens (tertiary/aromatic N) is 2. The third-order valence-electron chi connectivity index (χ3n) is 2.64. The number of aryl methyl sites for hydroxylation is 3. The molecule has 0 radical (unpaired) electrons. The SMILES string of the molecule is Cc1cc2c3c-2c(C)nc(C)c3n1. The molecule has 0 unspecified atom stereocenters. The van der Waals surface area contributed by atoms with Gasteiger partial charge >= 0.3 is 0 Å². The Morgan fingerprint density at radius 2 is 1.77 bits per heavy atom. The van der Waals surface area contributed by atoms with Crippen molar-refractivity contribution < 1.29 is 0 Å². The molecular formula is C11H10N2. The number of fused-ring (bicyclic) bond motifs is 1. The minimum atomic E-state index is 1.05. The summed E-state index contributed by atoms with van der Waals surface area (Å²) in [4.78, 5) is 8.97. The van der Waals surface area contributed by atoms with Gasteiger partial charge in [0.1, 0.15) is 0 Å². The van der Waals surface area contributed by atoms with E-state index in [9.17, 15) is 0 Å². The van der Waals surface area contributed by atoms with Gasteiger partial charge in [0.05, 0.1) is 11.2 Å². The number of hydrogen-bond acceptors (Lipinski definition) is 2. The smallest absolute Gasteiger partial charge is 0.0930 e. The Morgan fingerprint density at radius 1 is 1.00 bits per heavy atom. The van der Waals surface area contributed by atoms with Crippen molar-refractivity contribution in [3.05, 3.63) is 23.1 Å². The summed E-state index contributed by atoms with van der Waals surface area (Å²) in [6.07, 6.45) is 0. The molecule has 2 aromatic rings. The monoisotopic (exact) mass is 170 g/mol. The quantitative estimate of drug-likeness (QED) is 0.518. The zero-order valence-corrected chi connectivity index (χ0v) is 7.97. The van der Waals surface area contributed by atoms with E-state index in [-0.39, 0.29) is 0 Å². The van der Waals surface area contributed by atoms with Gasteiger partial charge in [-0.3, -0.25) is 9.97 Å². The van der Waals surface area contributed by atoms with Crippen molar-refractivity contribution in [3.8, 4) is 11.1 Å². The molecule has 0 N–H and O–H groups in total. The molecule has 0 aromatic carbocycles. The van der Waals surface area contributed by atoms with E-state index >= 15 is 0 Å². The average Bonchev–Trinajstić information content (AvgIpc) is 2.74. The van der Waals surface area contributed by atoms with Gasteiger partial charge in [0.2, 0.25) is 0 Å². The summed E-state index contributed by atoms with van der Waals surface area (Å²) in [7, 11) is 0. The van der Waals surface area contributed by atoms with Gasteiger partial charge in [0.15, 0.2) is 0 Å². The lowest BCUT2D eigenvalue weighted by Crippen LogP contribution is -1.86. The summed E-state index contributed by atoms with van der Waals surface area (Å²) < 4.78 is 0. The summed E-state index contributed by atoms with van der Waals surface area (Å²) in [5.41, 5.74) is 7.08. The molecule has 0 aliphatic heterocycles. The Morgan fingerprint density at radius 3 is 2.54 bits per heavy atom. The van der Waals surface area contributed by atoms with E-state index in [2.05, 4.69) is 23.0 Å². The molecule has 3 rings (SSSR count). The van der Waals surface area contributed by atoms with Crippen LogP contribution in [0.4, 0.5) is 0 Å². The van der Waals surface area contributed by atoms with Crippen LogP contribution in [0, 0.1) is 20.8 Å². The first-order chi connectivity index (χ1) is 6.18. The third kappa shape index (κ3) is 0.730. The van der Waals surface area contributed by atoms with E-state index in [1.165, 1.54) is 16.5 Å². The second-order valence-corrected chi connectivity index (χ2v) is 3.69. The van der Waals surface area contributed by atoms with Crippen LogP contribution in [0.1, 0.15) is 17.1 Å². The first-order valence-corrected chi connectivity index (χ1v) is 4.47. The molecule has 2 aromatic heterocycles. The van der Waals surface area contributed by atoms with Crippen LogP contribution in [0.5, 0.6) is 0 Å². The minimum Gasteiger partial charge on any atom is -0.256 e. The zero-order chi connectivity index (χ0) is 9.16. The number of rotatable bonds is 0. The third-order valence-corrected chi connectivity index (χ3v) is 2.64. The zero-order valence-electron chi connectivity index (χ0n) is 7.97. The molecule has 0 fully saturated rings. The molecule has 13 heavy (non-hydrogen) atoms. The number of pyridine rings is 2. The highest BCUT2D eigenvalue weighted by Gasteiger charge is 2.27. The summed E-state index contributed by atoms with van der Waals surface area (Å²) in [5, 5.41) is 1.34. The minimum absolute atomic E-state index is 1.05. The molecule has 0 bridgehead atoms. The molecule has 64 valence electrons. The molecule has 1 aliphatic rings. The molecule has 1 aliphatic carbocycles. The molecule has 2 heterocycles. The van der Waals surface area contributed by atoms with Crippen LogP contribution >= 0.6 is 0 Å². The van der Waals surface area contributed by atoms with E-state index < -0.39 is 0 Å². The van der Waals surface area contributed by atoms with E-state index in [0.717, 1.165) is 22.6 Å². The fraction of sp³-hybridized carbons (Fsp3) is 0.273. The first-order valence-electron chi connectivity index (χ1n) is 4.47. The van der Waals surface area contributed by atoms with Gasteiger partial charge in [-0.25, -0.2) is 0 Å². The van der Waals surface area contributed by atoms with Crippen LogP contribution in [-0.2, 0) is 0 Å². The second-order valence-electron chi connectivity index (χ2n) is 3.69. The summed E-state index contributed by atoms with van der Waals surface area (Å²) >= 11 is 0. The maximum absolute atomic E-state index is 4.50. The maximum atomic E-state index is 4.50. The fourth-order valence-corrected chi connectivity index (χ4v) is 2.06. The van der Waals surface area contributed by atoms with Gasteiger partial charge in [0.25, 0.3) is 0 Å². The van der Waals surface area contributed by atoms with Crippen LogP contribution in [-0.4, -0.2) is 9.97 Å². The lowest BCUT2D eigenvalue weighted by molar-refractivity contribution is 1.14. The van der Waals surface area contributed by atoms with E-state index in [1.807, 2.05) is 13.8 Å². The second kappa shape index (κ2) is 1.90. The predicted octanol–water partition coefficient (Wildman–Crippen LogP) is 2.54. The lowest BCUT2D eigenvalue weighted by atomic mass is 10.3. The molecule has 0 atom stereocenters. The largest absolute Gasteiger partial charge is 0.256 e. The topological polar surface area (TPSA) is 25.8 Å². The molecular weight excluding hydrogens is 160 g/mol. The summed E-state index contributed by atoms with van der Waals surface area (Å²) in [5.74, 6) is 0. The van der Waals surface area contributed by atoms with Crippen LogP contribution in [0.25, 0.3) is 22.0 Å². The molecule has 0 saturated carbocycles. The number of hydrogen-bond donors (Lipinski definition) is 0. The van der Waals surface area contributed by atoms with Gasteiger partial charge < -0.3 is 0 Å². The number of aromatic nitrogens is 2. The summed E-state index contributed by atoms with van der Waals surface area (Å²) in [6, 6.07) is 2.14. The van der Waals surface area contributed by atoms with Gasteiger partial charge in [-0.2, -0.15) is 0 Å². The van der Waals surface area contributed by atoms with Crippen molar-refractivity contribution in [2.45, 2.75) is 20.8 Å². The van der Waals surface area contributed by atoms with Gasteiger partial charge in [-0.15, -0.1) is 0 Å². The highest BCUT2D eigenvalue weighted by molar-refractivity contribution is 6.20. The average molecular weight is 170 g/mol. The molecule has 0 saturated heterocycles. The van der Waals surface area contributed by atoms with E-state index in [4.69, 9.17) is 0 Å². The maximum Gasteiger partial charge on any atom is 0.0930 e. The van der Waals surface area contributed by atoms with Crippen LogP contribution < -0.4 is 0 Å². The fourth-order valence-electron chi connectivity index (χ4n) is 2.06.